The second-order valence-electron chi connectivity index (χ2n) is 7.33. The highest BCUT2D eigenvalue weighted by Crippen LogP contribution is 2.35. The lowest BCUT2D eigenvalue weighted by Gasteiger charge is -2.45. The van der Waals surface area contributed by atoms with Crippen LogP contribution in [-0.2, 0) is 14.3 Å². The molecule has 1 saturated heterocycles. The van der Waals surface area contributed by atoms with Gasteiger partial charge in [-0.05, 0) is 37.3 Å². The maximum Gasteiger partial charge on any atom is 0.407 e. The molecule has 1 aliphatic rings. The van der Waals surface area contributed by atoms with Crippen molar-refractivity contribution >= 4 is 16.2 Å². The van der Waals surface area contributed by atoms with Gasteiger partial charge < -0.3 is 10.0 Å². The van der Waals surface area contributed by atoms with Crippen LogP contribution in [0.2, 0.25) is 0 Å². The molecule has 1 aliphatic heterocycles. The molecule has 1 N–H and O–H groups in total. The molecule has 6 nitrogen and oxygen atoms in total. The fourth-order valence-corrected chi connectivity index (χ4v) is 4.33. The number of aryl methyl sites for hydroxylation is 1. The molecule has 7 heteroatoms. The summed E-state index contributed by atoms with van der Waals surface area (Å²) in [5.41, 5.74) is 0.517. The summed E-state index contributed by atoms with van der Waals surface area (Å²) in [5.74, 6) is 0. The van der Waals surface area contributed by atoms with E-state index in [0.717, 1.165) is 5.56 Å². The van der Waals surface area contributed by atoms with Gasteiger partial charge in [0.25, 0.3) is 10.1 Å². The number of benzene rings is 1. The highest BCUT2D eigenvalue weighted by Gasteiger charge is 2.44. The van der Waals surface area contributed by atoms with Gasteiger partial charge in [-0.1, -0.05) is 38.5 Å². The third kappa shape index (κ3) is 4.08. The molecule has 0 saturated carbocycles. The molecule has 0 aromatic heterocycles. The Morgan fingerprint density at radius 1 is 1.25 bits per heavy atom. The van der Waals surface area contributed by atoms with Crippen LogP contribution in [0.4, 0.5) is 4.79 Å². The molecule has 1 fully saturated rings. The third-order valence-electron chi connectivity index (χ3n) is 4.27. The second kappa shape index (κ2) is 6.72. The maximum atomic E-state index is 12.6. The molecule has 1 amide bonds. The molecule has 1 aromatic rings. The van der Waals surface area contributed by atoms with Gasteiger partial charge in [0, 0.05) is 6.54 Å². The van der Waals surface area contributed by atoms with Crippen LogP contribution < -0.4 is 0 Å². The molecule has 0 aliphatic carbocycles. The summed E-state index contributed by atoms with van der Waals surface area (Å²) in [6.07, 6.45) is -0.652. The van der Waals surface area contributed by atoms with Crippen molar-refractivity contribution < 1.29 is 22.5 Å². The maximum absolute atomic E-state index is 12.6. The summed E-state index contributed by atoms with van der Waals surface area (Å²) in [4.78, 5) is 12.9. The topological polar surface area (TPSA) is 83.9 Å². The van der Waals surface area contributed by atoms with Gasteiger partial charge >= 0.3 is 6.09 Å². The molecule has 0 radical (unpaired) electrons. The first kappa shape index (κ1) is 18.7. The van der Waals surface area contributed by atoms with Crippen molar-refractivity contribution in [2.45, 2.75) is 57.6 Å². The van der Waals surface area contributed by atoms with Crippen molar-refractivity contribution in [2.75, 3.05) is 6.54 Å². The lowest BCUT2D eigenvalue weighted by Crippen LogP contribution is -2.57. The number of carboxylic acid groups (broad SMARTS) is 1. The summed E-state index contributed by atoms with van der Waals surface area (Å²) in [5, 5.41) is 9.46. The summed E-state index contributed by atoms with van der Waals surface area (Å²) >= 11 is 0. The highest BCUT2D eigenvalue weighted by molar-refractivity contribution is 7.86. The molecule has 2 rings (SSSR count). The van der Waals surface area contributed by atoms with Gasteiger partial charge in [0.15, 0.2) is 0 Å². The number of nitrogens with zero attached hydrogens (tertiary/aromatic N) is 1. The Morgan fingerprint density at radius 2 is 1.83 bits per heavy atom. The van der Waals surface area contributed by atoms with E-state index in [2.05, 4.69) is 0 Å². The smallest absolute Gasteiger partial charge is 0.407 e. The van der Waals surface area contributed by atoms with E-state index in [0.29, 0.717) is 19.4 Å². The molecule has 1 aromatic carbocycles. The number of likely N-dealkylation sites (tertiary alicyclic amines) is 1. The highest BCUT2D eigenvalue weighted by atomic mass is 32.2. The Kier molecular flexibility index (Phi) is 5.25. The predicted octanol–water partition coefficient (Wildman–Crippen LogP) is 3.26. The van der Waals surface area contributed by atoms with Crippen LogP contribution in [0.1, 0.15) is 39.2 Å². The molecule has 24 heavy (non-hydrogen) atoms. The first-order valence-electron chi connectivity index (χ1n) is 8.02. The first-order valence-corrected chi connectivity index (χ1v) is 9.43. The molecule has 1 unspecified atom stereocenters. The molecular weight excluding hydrogens is 330 g/mol. The third-order valence-corrected chi connectivity index (χ3v) is 5.62. The van der Waals surface area contributed by atoms with Crippen molar-refractivity contribution in [1.82, 2.24) is 4.90 Å². The zero-order valence-corrected chi connectivity index (χ0v) is 15.3. The van der Waals surface area contributed by atoms with Gasteiger partial charge in [-0.25, -0.2) is 4.79 Å². The van der Waals surface area contributed by atoms with Crippen molar-refractivity contribution in [3.8, 4) is 0 Å². The van der Waals surface area contributed by atoms with Crippen LogP contribution >= 0.6 is 0 Å². The van der Waals surface area contributed by atoms with E-state index in [1.165, 1.54) is 17.0 Å². The zero-order valence-electron chi connectivity index (χ0n) is 14.5. The van der Waals surface area contributed by atoms with Gasteiger partial charge in [-0.15, -0.1) is 0 Å². The lowest BCUT2D eigenvalue weighted by atomic mass is 9.79. The molecule has 2 atom stereocenters. The average molecular weight is 355 g/mol. The number of amides is 1. The van der Waals surface area contributed by atoms with E-state index in [-0.39, 0.29) is 4.90 Å². The van der Waals surface area contributed by atoms with Gasteiger partial charge in [0.05, 0.1) is 17.0 Å². The van der Waals surface area contributed by atoms with Crippen molar-refractivity contribution in [3.05, 3.63) is 29.8 Å². The van der Waals surface area contributed by atoms with Crippen LogP contribution in [0.3, 0.4) is 0 Å². The number of carbonyl (C=O) groups is 1. The Balaban J connectivity index is 2.31. The zero-order chi connectivity index (χ0) is 18.1. The summed E-state index contributed by atoms with van der Waals surface area (Å²) < 4.78 is 30.6. The van der Waals surface area contributed by atoms with Crippen LogP contribution in [0.15, 0.2) is 29.2 Å². The Bertz CT molecular complexity index is 691. The number of rotatable bonds is 3. The van der Waals surface area contributed by atoms with Crippen molar-refractivity contribution in [1.29, 1.82) is 0 Å². The second-order valence-corrected chi connectivity index (χ2v) is 8.90. The predicted molar refractivity (Wildman–Crippen MR) is 90.4 cm³/mol. The van der Waals surface area contributed by atoms with Crippen LogP contribution in [-0.4, -0.2) is 43.2 Å². The SMILES string of the molecule is Cc1ccc(S(=O)(=O)OC2CCCN(C(=O)O)[C@@H]2C(C)(C)C)cc1. The summed E-state index contributed by atoms with van der Waals surface area (Å²) in [7, 11) is -3.94. The van der Waals surface area contributed by atoms with Crippen molar-refractivity contribution in [3.63, 3.8) is 0 Å². The Labute approximate surface area is 143 Å². The van der Waals surface area contributed by atoms with E-state index in [9.17, 15) is 18.3 Å². The standard InChI is InChI=1S/C17H25NO5S/c1-12-7-9-13(10-8-12)24(21,22)23-14-6-5-11-18(16(19)20)15(14)17(2,3)4/h7-10,14-15H,5-6,11H2,1-4H3,(H,19,20)/t14?,15-/m0/s1. The van der Waals surface area contributed by atoms with Crippen LogP contribution in [0.25, 0.3) is 0 Å². The molecular formula is C17H25NO5S. The van der Waals surface area contributed by atoms with Gasteiger partial charge in [0.1, 0.15) is 0 Å². The van der Waals surface area contributed by atoms with E-state index < -0.39 is 33.8 Å². The normalized spacial score (nSPS) is 22.4. The van der Waals surface area contributed by atoms with Gasteiger partial charge in [-0.3, -0.25) is 4.18 Å². The van der Waals surface area contributed by atoms with E-state index in [1.807, 2.05) is 27.7 Å². The monoisotopic (exact) mass is 355 g/mol. The minimum atomic E-state index is -3.94. The largest absolute Gasteiger partial charge is 0.465 e. The summed E-state index contributed by atoms with van der Waals surface area (Å²) in [6.45, 7) is 7.95. The Hall–Kier alpha value is -1.60. The van der Waals surface area contributed by atoms with Crippen molar-refractivity contribution in [2.24, 2.45) is 5.41 Å². The minimum absolute atomic E-state index is 0.0909. The fraction of sp³-hybridized carbons (Fsp3) is 0.588. The Morgan fingerprint density at radius 3 is 2.33 bits per heavy atom. The van der Waals surface area contributed by atoms with Crippen LogP contribution in [0.5, 0.6) is 0 Å². The average Bonchev–Trinajstić information content (AvgIpc) is 2.45. The van der Waals surface area contributed by atoms with Gasteiger partial charge in [0.2, 0.25) is 0 Å². The summed E-state index contributed by atoms with van der Waals surface area (Å²) in [6, 6.07) is 5.91. The quantitative estimate of drug-likeness (QED) is 0.841. The first-order chi connectivity index (χ1) is 11.0. The minimum Gasteiger partial charge on any atom is -0.465 e. The van der Waals surface area contributed by atoms with E-state index in [4.69, 9.17) is 4.18 Å². The molecule has 134 valence electrons. The molecule has 0 spiro atoms. The number of piperidine rings is 1. The molecule has 0 bridgehead atoms. The van der Waals surface area contributed by atoms with Crippen LogP contribution in [0, 0.1) is 12.3 Å². The van der Waals surface area contributed by atoms with E-state index >= 15 is 0 Å². The fourth-order valence-electron chi connectivity index (χ4n) is 3.22. The number of hydrogen-bond acceptors (Lipinski definition) is 4. The lowest BCUT2D eigenvalue weighted by molar-refractivity contribution is -0.0158. The number of hydrogen-bond donors (Lipinski definition) is 1. The van der Waals surface area contributed by atoms with E-state index in [1.54, 1.807) is 12.1 Å². The molecule has 1 heterocycles. The van der Waals surface area contributed by atoms with Gasteiger partial charge in [-0.2, -0.15) is 8.42 Å².